The highest BCUT2D eigenvalue weighted by Gasteiger charge is 2.23. The first kappa shape index (κ1) is 13.8. The van der Waals surface area contributed by atoms with Crippen molar-refractivity contribution < 1.29 is 4.79 Å². The molecule has 0 spiro atoms. The van der Waals surface area contributed by atoms with Crippen LogP contribution in [0.25, 0.3) is 0 Å². The van der Waals surface area contributed by atoms with Gasteiger partial charge in [-0.25, -0.2) is 4.98 Å². The fourth-order valence-corrected chi connectivity index (χ4v) is 3.59. The van der Waals surface area contributed by atoms with E-state index >= 15 is 0 Å². The van der Waals surface area contributed by atoms with Crippen LogP contribution in [0.2, 0.25) is 0 Å². The third-order valence-corrected chi connectivity index (χ3v) is 5.07. The Bertz CT molecular complexity index is 461. The molecular formula is C14H22N4OS. The molecule has 2 aliphatic rings. The number of anilines is 1. The van der Waals surface area contributed by atoms with Gasteiger partial charge < -0.3 is 15.1 Å². The van der Waals surface area contributed by atoms with Crippen molar-refractivity contribution in [3.05, 3.63) is 11.1 Å². The Morgan fingerprint density at radius 2 is 2.00 bits per heavy atom. The first-order chi connectivity index (χ1) is 9.74. The van der Waals surface area contributed by atoms with Crippen LogP contribution in [0.4, 0.5) is 5.13 Å². The molecule has 2 aliphatic heterocycles. The lowest BCUT2D eigenvalue weighted by Crippen LogP contribution is -2.46. The van der Waals surface area contributed by atoms with Crippen LogP contribution in [0, 0.1) is 5.92 Å². The molecule has 5 nitrogen and oxygen atoms in total. The van der Waals surface area contributed by atoms with Crippen molar-refractivity contribution in [3.63, 3.8) is 0 Å². The molecule has 2 saturated heterocycles. The third kappa shape index (κ3) is 2.96. The number of carbonyl (C=O) groups is 1. The Balaban J connectivity index is 1.65. The summed E-state index contributed by atoms with van der Waals surface area (Å²) in [7, 11) is 0. The summed E-state index contributed by atoms with van der Waals surface area (Å²) >= 11 is 1.60. The molecule has 0 atom stereocenters. The van der Waals surface area contributed by atoms with Crippen LogP contribution < -0.4 is 10.2 Å². The van der Waals surface area contributed by atoms with Crippen LogP contribution in [0.5, 0.6) is 0 Å². The molecule has 1 aromatic heterocycles. The van der Waals surface area contributed by atoms with Crippen molar-refractivity contribution in [2.45, 2.75) is 19.8 Å². The van der Waals surface area contributed by atoms with E-state index in [9.17, 15) is 4.79 Å². The minimum absolute atomic E-state index is 0.0828. The predicted octanol–water partition coefficient (Wildman–Crippen LogP) is 1.42. The summed E-state index contributed by atoms with van der Waals surface area (Å²) in [6.07, 6.45) is 2.45. The van der Waals surface area contributed by atoms with Gasteiger partial charge in [0.05, 0.1) is 0 Å². The van der Waals surface area contributed by atoms with Crippen LogP contribution in [-0.2, 0) is 0 Å². The smallest absolute Gasteiger partial charge is 0.273 e. The number of hydrogen-bond acceptors (Lipinski definition) is 5. The second-order valence-corrected chi connectivity index (χ2v) is 6.56. The van der Waals surface area contributed by atoms with Crippen molar-refractivity contribution in [2.24, 2.45) is 5.92 Å². The standard InChI is InChI=1S/C14H22N4OS/c1-11-2-6-18(7-3-11)14-16-12(10-20-14)13(19)17-8-4-15-5-9-17/h10-11,15H,2-9H2,1H3. The van der Waals surface area contributed by atoms with Gasteiger partial charge in [-0.05, 0) is 18.8 Å². The SMILES string of the molecule is CC1CCN(c2nc(C(=O)N3CCNCC3)cs2)CC1. The van der Waals surface area contributed by atoms with Crippen molar-refractivity contribution in [3.8, 4) is 0 Å². The van der Waals surface area contributed by atoms with E-state index in [2.05, 4.69) is 22.1 Å². The molecule has 20 heavy (non-hydrogen) atoms. The number of nitrogens with zero attached hydrogens (tertiary/aromatic N) is 3. The van der Waals surface area contributed by atoms with Gasteiger partial charge in [-0.1, -0.05) is 6.92 Å². The van der Waals surface area contributed by atoms with E-state index in [0.717, 1.165) is 50.3 Å². The molecule has 0 saturated carbocycles. The van der Waals surface area contributed by atoms with Crippen molar-refractivity contribution in [2.75, 3.05) is 44.2 Å². The molecule has 0 aliphatic carbocycles. The maximum absolute atomic E-state index is 12.4. The molecule has 2 fully saturated rings. The topological polar surface area (TPSA) is 48.5 Å². The van der Waals surface area contributed by atoms with Crippen LogP contribution >= 0.6 is 11.3 Å². The van der Waals surface area contributed by atoms with E-state index in [-0.39, 0.29) is 5.91 Å². The normalized spacial score (nSPS) is 21.2. The van der Waals surface area contributed by atoms with E-state index in [1.54, 1.807) is 11.3 Å². The average Bonchev–Trinajstić information content (AvgIpc) is 2.98. The molecule has 3 heterocycles. The van der Waals surface area contributed by atoms with Gasteiger partial charge in [0, 0.05) is 44.6 Å². The van der Waals surface area contributed by atoms with Crippen molar-refractivity contribution >= 4 is 22.4 Å². The molecular weight excluding hydrogens is 272 g/mol. The summed E-state index contributed by atoms with van der Waals surface area (Å²) in [6, 6.07) is 0. The molecule has 6 heteroatoms. The largest absolute Gasteiger partial charge is 0.348 e. The van der Waals surface area contributed by atoms with Gasteiger partial charge in [-0.2, -0.15) is 0 Å². The summed E-state index contributed by atoms with van der Waals surface area (Å²) in [4.78, 5) is 21.2. The zero-order valence-corrected chi connectivity index (χ0v) is 12.8. The van der Waals surface area contributed by atoms with Crippen molar-refractivity contribution in [1.29, 1.82) is 0 Å². The maximum atomic E-state index is 12.4. The highest BCUT2D eigenvalue weighted by molar-refractivity contribution is 7.13. The molecule has 1 N–H and O–H groups in total. The van der Waals surface area contributed by atoms with Crippen LogP contribution in [-0.4, -0.2) is 55.1 Å². The van der Waals surface area contributed by atoms with E-state index in [0.29, 0.717) is 5.69 Å². The number of aromatic nitrogens is 1. The lowest BCUT2D eigenvalue weighted by molar-refractivity contribution is 0.0731. The molecule has 0 unspecified atom stereocenters. The predicted molar refractivity (Wildman–Crippen MR) is 81.5 cm³/mol. The van der Waals surface area contributed by atoms with E-state index < -0.39 is 0 Å². The summed E-state index contributed by atoms with van der Waals surface area (Å²) < 4.78 is 0. The molecule has 0 aromatic carbocycles. The van der Waals surface area contributed by atoms with Gasteiger partial charge in [0.2, 0.25) is 0 Å². The number of rotatable bonds is 2. The van der Waals surface area contributed by atoms with Gasteiger partial charge in [0.1, 0.15) is 5.69 Å². The van der Waals surface area contributed by atoms with Crippen LogP contribution in [0.15, 0.2) is 5.38 Å². The first-order valence-corrected chi connectivity index (χ1v) is 8.32. The van der Waals surface area contributed by atoms with E-state index in [1.807, 2.05) is 10.3 Å². The fraction of sp³-hybridized carbons (Fsp3) is 0.714. The Labute approximate surface area is 124 Å². The lowest BCUT2D eigenvalue weighted by atomic mass is 10.00. The summed E-state index contributed by atoms with van der Waals surface area (Å²) in [5.74, 6) is 0.896. The molecule has 0 bridgehead atoms. The van der Waals surface area contributed by atoms with E-state index in [1.165, 1.54) is 12.8 Å². The monoisotopic (exact) mass is 294 g/mol. The Morgan fingerprint density at radius 1 is 1.30 bits per heavy atom. The second-order valence-electron chi connectivity index (χ2n) is 5.73. The van der Waals surface area contributed by atoms with Gasteiger partial charge in [0.25, 0.3) is 5.91 Å². The minimum atomic E-state index is 0.0828. The summed E-state index contributed by atoms with van der Waals surface area (Å²) in [5.41, 5.74) is 0.616. The fourth-order valence-electron chi connectivity index (χ4n) is 2.74. The van der Waals surface area contributed by atoms with Gasteiger partial charge in [-0.15, -0.1) is 11.3 Å². The number of carbonyl (C=O) groups excluding carboxylic acids is 1. The quantitative estimate of drug-likeness (QED) is 0.896. The zero-order chi connectivity index (χ0) is 13.9. The maximum Gasteiger partial charge on any atom is 0.273 e. The van der Waals surface area contributed by atoms with Gasteiger partial charge >= 0.3 is 0 Å². The summed E-state index contributed by atoms with van der Waals surface area (Å²) in [5, 5.41) is 6.19. The van der Waals surface area contributed by atoms with Crippen LogP contribution in [0.1, 0.15) is 30.3 Å². The van der Waals surface area contributed by atoms with Gasteiger partial charge in [0.15, 0.2) is 5.13 Å². The molecule has 0 radical (unpaired) electrons. The van der Waals surface area contributed by atoms with E-state index in [4.69, 9.17) is 0 Å². The second kappa shape index (κ2) is 6.10. The Kier molecular flexibility index (Phi) is 4.21. The molecule has 110 valence electrons. The Morgan fingerprint density at radius 3 is 2.70 bits per heavy atom. The zero-order valence-electron chi connectivity index (χ0n) is 12.0. The van der Waals surface area contributed by atoms with Crippen LogP contribution in [0.3, 0.4) is 0 Å². The minimum Gasteiger partial charge on any atom is -0.348 e. The molecule has 1 amide bonds. The van der Waals surface area contributed by atoms with Crippen molar-refractivity contribution in [1.82, 2.24) is 15.2 Å². The first-order valence-electron chi connectivity index (χ1n) is 7.44. The highest BCUT2D eigenvalue weighted by atomic mass is 32.1. The number of piperidine rings is 1. The highest BCUT2D eigenvalue weighted by Crippen LogP contribution is 2.26. The number of nitrogens with one attached hydrogen (secondary N) is 1. The number of thiazole rings is 1. The average molecular weight is 294 g/mol. The molecule has 1 aromatic rings. The lowest BCUT2D eigenvalue weighted by Gasteiger charge is -2.30. The third-order valence-electron chi connectivity index (χ3n) is 4.17. The van der Waals surface area contributed by atoms with Gasteiger partial charge in [-0.3, -0.25) is 4.79 Å². The number of amides is 1. The molecule has 3 rings (SSSR count). The summed E-state index contributed by atoms with van der Waals surface area (Å²) in [6.45, 7) is 7.77. The Hall–Kier alpha value is -1.14. The number of piperazine rings is 1. The number of hydrogen-bond donors (Lipinski definition) is 1.